The lowest BCUT2D eigenvalue weighted by Gasteiger charge is -2.39. The van der Waals surface area contributed by atoms with Crippen LogP contribution in [0.4, 0.5) is 0 Å². The van der Waals surface area contributed by atoms with Crippen molar-refractivity contribution in [2.75, 3.05) is 6.54 Å². The van der Waals surface area contributed by atoms with Crippen LogP contribution in [0.5, 0.6) is 0 Å². The van der Waals surface area contributed by atoms with Crippen LogP contribution in [0.2, 0.25) is 0 Å². The Bertz CT molecular complexity index is 920. The van der Waals surface area contributed by atoms with Gasteiger partial charge >= 0.3 is 0 Å². The van der Waals surface area contributed by atoms with Crippen LogP contribution < -0.4 is 0 Å². The minimum atomic E-state index is -0.377. The van der Waals surface area contributed by atoms with Crippen LogP contribution >= 0.6 is 0 Å². The van der Waals surface area contributed by atoms with Crippen molar-refractivity contribution >= 4 is 17.5 Å². The van der Waals surface area contributed by atoms with Gasteiger partial charge in [0, 0.05) is 43.3 Å². The lowest BCUT2D eigenvalue weighted by Crippen LogP contribution is -2.51. The van der Waals surface area contributed by atoms with Gasteiger partial charge in [0.2, 0.25) is 11.8 Å². The molecule has 2 saturated heterocycles. The Labute approximate surface area is 152 Å². The molecule has 2 aromatic rings. The first kappa shape index (κ1) is 15.8. The minimum Gasteiger partial charge on any atom is -0.331 e. The molecule has 2 aromatic heterocycles. The van der Waals surface area contributed by atoms with Crippen LogP contribution in [0.1, 0.15) is 55.6 Å². The molecule has 5 rings (SSSR count). The van der Waals surface area contributed by atoms with E-state index in [1.54, 1.807) is 4.90 Å². The summed E-state index contributed by atoms with van der Waals surface area (Å²) < 4.78 is 1.95. The summed E-state index contributed by atoms with van der Waals surface area (Å²) in [5.41, 5.74) is 4.13. The second kappa shape index (κ2) is 5.53. The van der Waals surface area contributed by atoms with E-state index in [0.29, 0.717) is 13.0 Å². The van der Waals surface area contributed by atoms with Crippen molar-refractivity contribution < 1.29 is 9.59 Å². The summed E-state index contributed by atoms with van der Waals surface area (Å²) in [5, 5.41) is 4.60. The van der Waals surface area contributed by atoms with E-state index in [9.17, 15) is 9.59 Å². The first-order chi connectivity index (χ1) is 12.5. The van der Waals surface area contributed by atoms with Crippen LogP contribution in [0.3, 0.4) is 0 Å². The van der Waals surface area contributed by atoms with E-state index in [0.717, 1.165) is 42.6 Å². The fraction of sp³-hybridized carbons (Fsp3) is 0.579. The van der Waals surface area contributed by atoms with Gasteiger partial charge < -0.3 is 9.80 Å². The van der Waals surface area contributed by atoms with Crippen molar-refractivity contribution in [3.05, 3.63) is 29.2 Å². The van der Waals surface area contributed by atoms with E-state index in [4.69, 9.17) is 0 Å². The Kier molecular flexibility index (Phi) is 3.36. The molecule has 5 heterocycles. The summed E-state index contributed by atoms with van der Waals surface area (Å²) in [6, 6.07) is 1.85. The molecule has 3 aliphatic heterocycles. The molecule has 3 aliphatic rings. The molecular weight excluding hydrogens is 330 g/mol. The molecule has 0 spiro atoms. The highest BCUT2D eigenvalue weighted by Crippen LogP contribution is 2.44. The molecule has 0 aromatic carbocycles. The van der Waals surface area contributed by atoms with Gasteiger partial charge in [-0.15, -0.1) is 0 Å². The predicted octanol–water partition coefficient (Wildman–Crippen LogP) is 1.64. The van der Waals surface area contributed by atoms with Crippen LogP contribution in [0, 0.1) is 6.92 Å². The normalized spacial score (nSPS) is 25.8. The number of nitrogens with zero attached hydrogens (tertiary/aromatic N) is 5. The van der Waals surface area contributed by atoms with Crippen molar-refractivity contribution in [2.45, 2.75) is 64.1 Å². The number of hydrogen-bond acceptors (Lipinski definition) is 4. The second-order valence-electron chi connectivity index (χ2n) is 7.78. The van der Waals surface area contributed by atoms with Gasteiger partial charge in [-0.2, -0.15) is 5.10 Å². The molecule has 2 bridgehead atoms. The summed E-state index contributed by atoms with van der Waals surface area (Å²) in [4.78, 5) is 33.7. The van der Waals surface area contributed by atoms with Crippen LogP contribution in [-0.4, -0.2) is 54.8 Å². The summed E-state index contributed by atoms with van der Waals surface area (Å²) >= 11 is 0. The molecule has 2 fully saturated rings. The first-order valence-corrected chi connectivity index (χ1v) is 9.50. The van der Waals surface area contributed by atoms with E-state index in [1.807, 2.05) is 35.5 Å². The molecule has 7 nitrogen and oxygen atoms in total. The van der Waals surface area contributed by atoms with Crippen LogP contribution in [0.15, 0.2) is 12.3 Å². The van der Waals surface area contributed by atoms with Crippen LogP contribution in [0.25, 0.3) is 5.65 Å². The maximum atomic E-state index is 13.3. The number of rotatable bonds is 2. The Balaban J connectivity index is 1.50. The number of carbonyl (C=O) groups is 2. The Morgan fingerprint density at radius 2 is 2.19 bits per heavy atom. The molecule has 2 amide bonds. The minimum absolute atomic E-state index is 0.0535. The number of fused-ring (bicyclic) bond motifs is 6. The Morgan fingerprint density at radius 3 is 2.96 bits per heavy atom. The number of aromatic nitrogens is 3. The van der Waals surface area contributed by atoms with Gasteiger partial charge in [-0.05, 0) is 33.1 Å². The lowest BCUT2D eigenvalue weighted by atomic mass is 9.98. The predicted molar refractivity (Wildman–Crippen MR) is 94.4 cm³/mol. The summed E-state index contributed by atoms with van der Waals surface area (Å²) in [5.74, 6) is 0.182. The number of carbonyl (C=O) groups excluding carboxylic acids is 2. The summed E-state index contributed by atoms with van der Waals surface area (Å²) in [6.07, 6.45) is 6.09. The van der Waals surface area contributed by atoms with Gasteiger partial charge in [0.25, 0.3) is 0 Å². The van der Waals surface area contributed by atoms with Crippen LogP contribution in [-0.2, 0) is 16.0 Å². The molecule has 136 valence electrons. The average molecular weight is 353 g/mol. The van der Waals surface area contributed by atoms with Crippen molar-refractivity contribution in [1.82, 2.24) is 24.4 Å². The number of amides is 2. The third-order valence-corrected chi connectivity index (χ3v) is 6.22. The first-order valence-electron chi connectivity index (χ1n) is 9.50. The average Bonchev–Trinajstić information content (AvgIpc) is 3.30. The zero-order chi connectivity index (χ0) is 18.0. The van der Waals surface area contributed by atoms with Crippen molar-refractivity contribution in [3.63, 3.8) is 0 Å². The van der Waals surface area contributed by atoms with E-state index in [-0.39, 0.29) is 29.9 Å². The smallest absolute Gasteiger partial charge is 0.245 e. The summed E-state index contributed by atoms with van der Waals surface area (Å²) in [7, 11) is 0. The topological polar surface area (TPSA) is 70.8 Å². The number of likely N-dealkylation sites (tertiary alicyclic amines) is 1. The second-order valence-corrected chi connectivity index (χ2v) is 7.78. The maximum Gasteiger partial charge on any atom is 0.245 e. The highest BCUT2D eigenvalue weighted by atomic mass is 16.2. The highest BCUT2D eigenvalue weighted by molar-refractivity contribution is 5.89. The molecule has 0 unspecified atom stereocenters. The van der Waals surface area contributed by atoms with Crippen molar-refractivity contribution in [3.8, 4) is 0 Å². The third-order valence-electron chi connectivity index (χ3n) is 6.22. The van der Waals surface area contributed by atoms with Gasteiger partial charge in [0.05, 0.1) is 17.4 Å². The maximum absolute atomic E-state index is 13.3. The third kappa shape index (κ3) is 2.12. The molecular formula is C19H23N5O2. The van der Waals surface area contributed by atoms with Gasteiger partial charge in [-0.1, -0.05) is 0 Å². The van der Waals surface area contributed by atoms with E-state index < -0.39 is 0 Å². The molecule has 26 heavy (non-hydrogen) atoms. The number of hydrogen-bond donors (Lipinski definition) is 0. The number of aryl methyl sites for hydroxylation is 1. The van der Waals surface area contributed by atoms with Gasteiger partial charge in [-0.25, -0.2) is 9.50 Å². The van der Waals surface area contributed by atoms with Gasteiger partial charge in [-0.3, -0.25) is 9.59 Å². The fourth-order valence-corrected chi connectivity index (χ4v) is 4.96. The van der Waals surface area contributed by atoms with Crippen molar-refractivity contribution in [2.24, 2.45) is 0 Å². The zero-order valence-corrected chi connectivity index (χ0v) is 15.2. The van der Waals surface area contributed by atoms with Gasteiger partial charge in [0.15, 0.2) is 5.65 Å². The standard InChI is InChI=1S/C19H23N5O2/c1-11-8-17-20-10-14-15-6-5-13(9-16(14)24(17)21-11)23(15)19(26)12(2)22-7-3-4-18(22)25/h8,10,12-13,15H,3-7,9H2,1-2H3/t12-,13+,15+/m0/s1. The monoisotopic (exact) mass is 353 g/mol. The molecule has 0 N–H and O–H groups in total. The molecule has 0 saturated carbocycles. The fourth-order valence-electron chi connectivity index (χ4n) is 4.96. The van der Waals surface area contributed by atoms with Gasteiger partial charge in [0.1, 0.15) is 6.04 Å². The molecule has 0 radical (unpaired) electrons. The SMILES string of the molecule is Cc1cc2ncc3c(n2n1)C[C@H]1CC[C@H]3N1C(=O)[C@H](C)N1CCCC1=O. The highest BCUT2D eigenvalue weighted by Gasteiger charge is 2.46. The summed E-state index contributed by atoms with van der Waals surface area (Å²) in [6.45, 7) is 4.54. The zero-order valence-electron chi connectivity index (χ0n) is 15.2. The molecule has 0 aliphatic carbocycles. The molecule has 7 heteroatoms. The largest absolute Gasteiger partial charge is 0.331 e. The quantitative estimate of drug-likeness (QED) is 0.823. The Hall–Kier alpha value is -2.44. The lowest BCUT2D eigenvalue weighted by molar-refractivity contribution is -0.145. The van der Waals surface area contributed by atoms with E-state index >= 15 is 0 Å². The van der Waals surface area contributed by atoms with E-state index in [2.05, 4.69) is 10.1 Å². The molecule has 3 atom stereocenters. The van der Waals surface area contributed by atoms with Crippen molar-refractivity contribution in [1.29, 1.82) is 0 Å². The Morgan fingerprint density at radius 1 is 1.35 bits per heavy atom. The van der Waals surface area contributed by atoms with E-state index in [1.165, 1.54) is 5.69 Å².